The SMILES string of the molecule is O=C(NCCCCCCNC(=O)OCCCCO)OCCCCO. The molecule has 24 heavy (non-hydrogen) atoms. The van der Waals surface area contributed by atoms with E-state index in [1.165, 1.54) is 0 Å². The monoisotopic (exact) mass is 348 g/mol. The quantitative estimate of drug-likeness (QED) is 0.334. The van der Waals surface area contributed by atoms with Gasteiger partial charge < -0.3 is 30.3 Å². The van der Waals surface area contributed by atoms with Gasteiger partial charge in [0.2, 0.25) is 0 Å². The third-order valence-electron chi connectivity index (χ3n) is 3.21. The van der Waals surface area contributed by atoms with E-state index in [1.807, 2.05) is 0 Å². The van der Waals surface area contributed by atoms with Crippen LogP contribution in [0.3, 0.4) is 0 Å². The van der Waals surface area contributed by atoms with Crippen molar-refractivity contribution in [2.75, 3.05) is 39.5 Å². The normalized spacial score (nSPS) is 10.2. The van der Waals surface area contributed by atoms with Gasteiger partial charge in [-0.3, -0.25) is 0 Å². The summed E-state index contributed by atoms with van der Waals surface area (Å²) < 4.78 is 9.85. The number of hydrogen-bond donors (Lipinski definition) is 4. The van der Waals surface area contributed by atoms with Gasteiger partial charge in [-0.25, -0.2) is 9.59 Å². The first kappa shape index (κ1) is 22.5. The van der Waals surface area contributed by atoms with Crippen molar-refractivity contribution in [2.45, 2.75) is 51.4 Å². The number of alkyl carbamates (subject to hydrolysis) is 2. The number of rotatable bonds is 15. The Bertz CT molecular complexity index is 285. The second-order valence-corrected chi connectivity index (χ2v) is 5.40. The molecule has 0 bridgehead atoms. The van der Waals surface area contributed by atoms with Gasteiger partial charge in [-0.1, -0.05) is 12.8 Å². The van der Waals surface area contributed by atoms with Crippen LogP contribution < -0.4 is 10.6 Å². The molecule has 0 spiro atoms. The fraction of sp³-hybridized carbons (Fsp3) is 0.875. The summed E-state index contributed by atoms with van der Waals surface area (Å²) in [6.45, 7) is 2.02. The number of nitrogens with one attached hydrogen (secondary N) is 2. The molecule has 0 heterocycles. The van der Waals surface area contributed by atoms with Gasteiger partial charge in [-0.2, -0.15) is 0 Å². The van der Waals surface area contributed by atoms with Crippen LogP contribution >= 0.6 is 0 Å². The Hall–Kier alpha value is -1.54. The molecule has 0 radical (unpaired) electrons. The molecule has 8 heteroatoms. The molecule has 0 saturated heterocycles. The lowest BCUT2D eigenvalue weighted by Gasteiger charge is -2.07. The molecule has 0 aliphatic heterocycles. The highest BCUT2D eigenvalue weighted by Gasteiger charge is 2.02. The molecule has 0 aromatic heterocycles. The van der Waals surface area contributed by atoms with Crippen LogP contribution in [-0.2, 0) is 9.47 Å². The van der Waals surface area contributed by atoms with Crippen molar-refractivity contribution in [3.05, 3.63) is 0 Å². The summed E-state index contributed by atoms with van der Waals surface area (Å²) in [7, 11) is 0. The molecule has 4 N–H and O–H groups in total. The minimum atomic E-state index is -0.418. The van der Waals surface area contributed by atoms with Gasteiger partial charge in [0.05, 0.1) is 13.2 Å². The van der Waals surface area contributed by atoms with Crippen molar-refractivity contribution in [1.29, 1.82) is 0 Å². The lowest BCUT2D eigenvalue weighted by Crippen LogP contribution is -2.26. The lowest BCUT2D eigenvalue weighted by molar-refractivity contribution is 0.139. The van der Waals surface area contributed by atoms with Crippen molar-refractivity contribution in [2.24, 2.45) is 0 Å². The summed E-state index contributed by atoms with van der Waals surface area (Å²) in [5, 5.41) is 22.5. The molecule has 0 rings (SSSR count). The molecule has 0 aromatic carbocycles. The third kappa shape index (κ3) is 16.8. The molecular formula is C16H32N2O6. The van der Waals surface area contributed by atoms with Crippen LogP contribution in [0.1, 0.15) is 51.4 Å². The number of unbranched alkanes of at least 4 members (excludes halogenated alkanes) is 5. The molecule has 0 fully saturated rings. The fourth-order valence-electron chi connectivity index (χ4n) is 1.84. The molecule has 0 aromatic rings. The molecular weight excluding hydrogens is 316 g/mol. The van der Waals surface area contributed by atoms with Crippen LogP contribution in [0, 0.1) is 0 Å². The van der Waals surface area contributed by atoms with Crippen molar-refractivity contribution >= 4 is 12.2 Å². The Kier molecular flexibility index (Phi) is 16.7. The maximum Gasteiger partial charge on any atom is 0.407 e. The second kappa shape index (κ2) is 17.8. The maximum absolute atomic E-state index is 11.3. The molecule has 8 nitrogen and oxygen atoms in total. The van der Waals surface area contributed by atoms with Crippen LogP contribution in [-0.4, -0.2) is 61.9 Å². The average molecular weight is 348 g/mol. The standard InChI is InChI=1S/C16H32N2O6/c19-11-5-7-13-23-15(21)17-9-3-1-2-4-10-18-16(22)24-14-8-6-12-20/h19-20H,1-14H2,(H,17,21)(H,18,22). The third-order valence-corrected chi connectivity index (χ3v) is 3.21. The Morgan fingerprint density at radius 1 is 0.625 bits per heavy atom. The number of hydrogen-bond acceptors (Lipinski definition) is 6. The summed E-state index contributed by atoms with van der Waals surface area (Å²) in [6, 6.07) is 0. The van der Waals surface area contributed by atoms with Gasteiger partial charge in [0.1, 0.15) is 0 Å². The zero-order valence-corrected chi connectivity index (χ0v) is 14.4. The summed E-state index contributed by atoms with van der Waals surface area (Å²) in [5.41, 5.74) is 0. The Morgan fingerprint density at radius 3 is 1.42 bits per heavy atom. The van der Waals surface area contributed by atoms with E-state index >= 15 is 0 Å². The predicted octanol–water partition coefficient (Wildman–Crippen LogP) is 1.54. The Balaban J connectivity index is 3.24. The van der Waals surface area contributed by atoms with E-state index in [2.05, 4.69) is 10.6 Å². The van der Waals surface area contributed by atoms with Crippen LogP contribution in [0.5, 0.6) is 0 Å². The minimum absolute atomic E-state index is 0.112. The van der Waals surface area contributed by atoms with Gasteiger partial charge in [0.25, 0.3) is 0 Å². The van der Waals surface area contributed by atoms with Crippen LogP contribution in [0.25, 0.3) is 0 Å². The van der Waals surface area contributed by atoms with Gasteiger partial charge in [-0.15, -0.1) is 0 Å². The van der Waals surface area contributed by atoms with Crippen LogP contribution in [0.2, 0.25) is 0 Å². The zero-order valence-electron chi connectivity index (χ0n) is 14.4. The van der Waals surface area contributed by atoms with Crippen molar-refractivity contribution in [1.82, 2.24) is 10.6 Å². The molecule has 0 saturated carbocycles. The number of amides is 2. The van der Waals surface area contributed by atoms with Gasteiger partial charge in [0, 0.05) is 26.3 Å². The van der Waals surface area contributed by atoms with E-state index < -0.39 is 12.2 Å². The Labute approximate surface area is 143 Å². The van der Waals surface area contributed by atoms with E-state index in [0.29, 0.717) is 52.0 Å². The number of aliphatic hydroxyl groups excluding tert-OH is 2. The number of carbonyl (C=O) groups is 2. The molecule has 2 amide bonds. The molecule has 142 valence electrons. The number of ether oxygens (including phenoxy) is 2. The van der Waals surface area contributed by atoms with Gasteiger partial charge in [-0.05, 0) is 38.5 Å². The minimum Gasteiger partial charge on any atom is -0.450 e. The summed E-state index contributed by atoms with van der Waals surface area (Å²) >= 11 is 0. The van der Waals surface area contributed by atoms with Crippen molar-refractivity contribution in [3.63, 3.8) is 0 Å². The van der Waals surface area contributed by atoms with Crippen molar-refractivity contribution < 1.29 is 29.3 Å². The highest BCUT2D eigenvalue weighted by atomic mass is 16.6. The lowest BCUT2D eigenvalue weighted by atomic mass is 10.2. The number of carbonyl (C=O) groups excluding carboxylic acids is 2. The first-order valence-electron chi connectivity index (χ1n) is 8.73. The summed E-state index contributed by atoms with van der Waals surface area (Å²) in [5.74, 6) is 0. The van der Waals surface area contributed by atoms with E-state index in [4.69, 9.17) is 19.7 Å². The van der Waals surface area contributed by atoms with E-state index in [-0.39, 0.29) is 13.2 Å². The van der Waals surface area contributed by atoms with E-state index in [1.54, 1.807) is 0 Å². The van der Waals surface area contributed by atoms with Crippen molar-refractivity contribution in [3.8, 4) is 0 Å². The Morgan fingerprint density at radius 2 is 1.04 bits per heavy atom. The molecule has 0 aliphatic carbocycles. The largest absolute Gasteiger partial charge is 0.450 e. The van der Waals surface area contributed by atoms with E-state index in [9.17, 15) is 9.59 Å². The van der Waals surface area contributed by atoms with Gasteiger partial charge in [0.15, 0.2) is 0 Å². The van der Waals surface area contributed by atoms with Crippen LogP contribution in [0.4, 0.5) is 9.59 Å². The summed E-state index contributed by atoms with van der Waals surface area (Å²) in [4.78, 5) is 22.5. The van der Waals surface area contributed by atoms with Gasteiger partial charge >= 0.3 is 12.2 Å². The maximum atomic E-state index is 11.3. The highest BCUT2D eigenvalue weighted by molar-refractivity contribution is 5.67. The number of aliphatic hydroxyl groups is 2. The highest BCUT2D eigenvalue weighted by Crippen LogP contribution is 1.98. The smallest absolute Gasteiger partial charge is 0.407 e. The molecule has 0 unspecified atom stereocenters. The molecule has 0 atom stereocenters. The fourth-order valence-corrected chi connectivity index (χ4v) is 1.84. The van der Waals surface area contributed by atoms with E-state index in [0.717, 1.165) is 25.7 Å². The molecule has 0 aliphatic rings. The predicted molar refractivity (Wildman–Crippen MR) is 89.8 cm³/mol. The topological polar surface area (TPSA) is 117 Å². The average Bonchev–Trinajstić information content (AvgIpc) is 2.58. The first-order chi connectivity index (χ1) is 11.7. The first-order valence-corrected chi connectivity index (χ1v) is 8.73. The summed E-state index contributed by atoms with van der Waals surface area (Å²) in [6.07, 6.45) is 5.40. The second-order valence-electron chi connectivity index (χ2n) is 5.40. The van der Waals surface area contributed by atoms with Crippen LogP contribution in [0.15, 0.2) is 0 Å². The zero-order chi connectivity index (χ0) is 17.9.